The van der Waals surface area contributed by atoms with Gasteiger partial charge in [0.2, 0.25) is 0 Å². The van der Waals surface area contributed by atoms with Crippen LogP contribution in [-0.2, 0) is 4.79 Å². The fraction of sp³-hybridized carbons (Fsp3) is 0.958. The maximum atomic E-state index is 12.4. The molecule has 2 unspecified atom stereocenters. The lowest BCUT2D eigenvalue weighted by molar-refractivity contribution is -0.126. The van der Waals surface area contributed by atoms with E-state index in [4.69, 9.17) is 0 Å². The highest BCUT2D eigenvalue weighted by molar-refractivity contribution is 5.81. The maximum absolute atomic E-state index is 12.4. The van der Waals surface area contributed by atoms with E-state index in [0.717, 1.165) is 18.3 Å². The zero-order valence-electron chi connectivity index (χ0n) is 17.8. The summed E-state index contributed by atoms with van der Waals surface area (Å²) < 4.78 is 0. The van der Waals surface area contributed by atoms with Gasteiger partial charge in [0.05, 0.1) is 0 Å². The van der Waals surface area contributed by atoms with E-state index in [-0.39, 0.29) is 0 Å². The number of hydrogen-bond acceptors (Lipinski definition) is 1. The Hall–Kier alpha value is -0.330. The molecule has 1 nitrogen and oxygen atoms in total. The molecule has 0 aromatic rings. The van der Waals surface area contributed by atoms with E-state index in [1.165, 1.54) is 89.9 Å². The maximum Gasteiger partial charge on any atom is 0.136 e. The first-order chi connectivity index (χ1) is 12.0. The zero-order chi connectivity index (χ0) is 18.5. The van der Waals surface area contributed by atoms with E-state index in [1.54, 1.807) is 0 Å². The highest BCUT2D eigenvalue weighted by atomic mass is 16.1. The van der Waals surface area contributed by atoms with Gasteiger partial charge in [-0.05, 0) is 37.0 Å². The minimum Gasteiger partial charge on any atom is -0.299 e. The number of ketones is 1. The molecule has 0 radical (unpaired) electrons. The van der Waals surface area contributed by atoms with Gasteiger partial charge in [-0.15, -0.1) is 0 Å². The van der Waals surface area contributed by atoms with Crippen molar-refractivity contribution >= 4 is 5.78 Å². The minimum absolute atomic E-state index is 0.410. The summed E-state index contributed by atoms with van der Waals surface area (Å²) >= 11 is 0. The van der Waals surface area contributed by atoms with Gasteiger partial charge in [-0.1, -0.05) is 98.3 Å². The van der Waals surface area contributed by atoms with Crippen LogP contribution in [0.3, 0.4) is 0 Å². The average Bonchev–Trinajstić information content (AvgIpc) is 2.55. The molecule has 0 spiro atoms. The Morgan fingerprint density at radius 1 is 0.720 bits per heavy atom. The topological polar surface area (TPSA) is 17.1 Å². The van der Waals surface area contributed by atoms with Crippen molar-refractivity contribution < 1.29 is 4.79 Å². The Bertz CT molecular complexity index is 331. The molecule has 0 aliphatic heterocycles. The van der Waals surface area contributed by atoms with Crippen LogP contribution in [0.25, 0.3) is 0 Å². The fourth-order valence-electron chi connectivity index (χ4n) is 4.34. The Morgan fingerprint density at radius 3 is 1.76 bits per heavy atom. The van der Waals surface area contributed by atoms with Crippen molar-refractivity contribution in [2.45, 2.75) is 124 Å². The van der Waals surface area contributed by atoms with Crippen molar-refractivity contribution in [2.24, 2.45) is 23.7 Å². The fourth-order valence-corrected chi connectivity index (χ4v) is 4.34. The monoisotopic (exact) mass is 350 g/mol. The number of hydrogen-bond donors (Lipinski definition) is 0. The summed E-state index contributed by atoms with van der Waals surface area (Å²) in [7, 11) is 0. The van der Waals surface area contributed by atoms with Gasteiger partial charge in [0, 0.05) is 12.3 Å². The third kappa shape index (κ3) is 11.8. The zero-order valence-corrected chi connectivity index (χ0v) is 17.8. The summed E-state index contributed by atoms with van der Waals surface area (Å²) in [6, 6.07) is 0. The van der Waals surface area contributed by atoms with E-state index < -0.39 is 0 Å². The van der Waals surface area contributed by atoms with E-state index >= 15 is 0 Å². The molecule has 0 N–H and O–H groups in total. The number of unbranched alkanes of at least 4 members (excludes halogenated alkanes) is 6. The van der Waals surface area contributed by atoms with Gasteiger partial charge < -0.3 is 0 Å². The van der Waals surface area contributed by atoms with Crippen molar-refractivity contribution in [1.82, 2.24) is 0 Å². The summed E-state index contributed by atoms with van der Waals surface area (Å²) in [4.78, 5) is 12.4. The Balaban J connectivity index is 2.01. The van der Waals surface area contributed by atoms with E-state index in [9.17, 15) is 4.79 Å². The van der Waals surface area contributed by atoms with E-state index in [1.807, 2.05) is 0 Å². The van der Waals surface area contributed by atoms with Crippen LogP contribution in [0.5, 0.6) is 0 Å². The first-order valence-electron chi connectivity index (χ1n) is 11.5. The van der Waals surface area contributed by atoms with E-state index in [2.05, 4.69) is 27.7 Å². The lowest BCUT2D eigenvalue weighted by atomic mass is 9.77. The predicted octanol–water partition coefficient (Wildman–Crippen LogP) is 7.97. The van der Waals surface area contributed by atoms with Crippen LogP contribution in [-0.4, -0.2) is 5.78 Å². The van der Waals surface area contributed by atoms with Crippen molar-refractivity contribution in [3.05, 3.63) is 0 Å². The molecule has 0 amide bonds. The number of rotatable bonds is 14. The summed E-state index contributed by atoms with van der Waals surface area (Å²) in [6.45, 7) is 9.25. The molecule has 148 valence electrons. The van der Waals surface area contributed by atoms with Crippen LogP contribution >= 0.6 is 0 Å². The van der Waals surface area contributed by atoms with Crippen LogP contribution in [0, 0.1) is 23.7 Å². The largest absolute Gasteiger partial charge is 0.299 e. The number of Topliss-reactive ketones (excluding diaryl/α,β-unsaturated/α-hetero) is 1. The smallest absolute Gasteiger partial charge is 0.136 e. The molecule has 0 saturated heterocycles. The van der Waals surface area contributed by atoms with Crippen LogP contribution in [0.1, 0.15) is 124 Å². The molecule has 0 bridgehead atoms. The molecule has 2 atom stereocenters. The summed E-state index contributed by atoms with van der Waals surface area (Å²) in [5.74, 6) is 3.40. The number of carbonyl (C=O) groups is 1. The molecule has 0 aromatic heterocycles. The molecule has 1 fully saturated rings. The highest BCUT2D eigenvalue weighted by Gasteiger charge is 2.27. The molecular weight excluding hydrogens is 304 g/mol. The minimum atomic E-state index is 0.410. The summed E-state index contributed by atoms with van der Waals surface area (Å²) in [5, 5.41) is 0. The molecule has 1 saturated carbocycles. The SMILES string of the molecule is CC(C)CCCCCCC1CCC(CCCCCCC(C)C)C(=O)C1. The van der Waals surface area contributed by atoms with Gasteiger partial charge in [0.1, 0.15) is 5.78 Å². The molecule has 25 heavy (non-hydrogen) atoms. The molecule has 0 heterocycles. The van der Waals surface area contributed by atoms with Crippen molar-refractivity contribution in [1.29, 1.82) is 0 Å². The molecule has 0 aromatic carbocycles. The summed E-state index contributed by atoms with van der Waals surface area (Å²) in [5.41, 5.74) is 0. The van der Waals surface area contributed by atoms with Crippen LogP contribution in [0.2, 0.25) is 0 Å². The Kier molecular flexibility index (Phi) is 12.6. The quantitative estimate of drug-likeness (QED) is 0.290. The van der Waals surface area contributed by atoms with Gasteiger partial charge in [-0.25, -0.2) is 0 Å². The Morgan fingerprint density at radius 2 is 1.24 bits per heavy atom. The van der Waals surface area contributed by atoms with Crippen LogP contribution in [0.15, 0.2) is 0 Å². The Labute approximate surface area is 158 Å². The molecular formula is C24H46O. The standard InChI is InChI=1S/C24H46O/c1-20(2)13-9-5-7-11-15-22-17-18-23(24(25)19-22)16-12-8-6-10-14-21(3)4/h20-23H,5-19H2,1-4H3. The molecule has 1 rings (SSSR count). The van der Waals surface area contributed by atoms with Gasteiger partial charge >= 0.3 is 0 Å². The lowest BCUT2D eigenvalue weighted by Gasteiger charge is -2.27. The molecule has 1 aliphatic carbocycles. The number of carbonyl (C=O) groups excluding carboxylic acids is 1. The average molecular weight is 351 g/mol. The van der Waals surface area contributed by atoms with Crippen molar-refractivity contribution in [3.8, 4) is 0 Å². The highest BCUT2D eigenvalue weighted by Crippen LogP contribution is 2.32. The van der Waals surface area contributed by atoms with Gasteiger partial charge in [0.15, 0.2) is 0 Å². The second-order valence-corrected chi connectivity index (χ2v) is 9.58. The first kappa shape index (κ1) is 22.7. The predicted molar refractivity (Wildman–Crippen MR) is 111 cm³/mol. The van der Waals surface area contributed by atoms with Crippen LogP contribution in [0.4, 0.5) is 0 Å². The molecule has 1 aliphatic rings. The second kappa shape index (κ2) is 13.8. The van der Waals surface area contributed by atoms with E-state index in [0.29, 0.717) is 17.6 Å². The van der Waals surface area contributed by atoms with Crippen molar-refractivity contribution in [2.75, 3.05) is 0 Å². The molecule has 1 heteroatoms. The first-order valence-corrected chi connectivity index (χ1v) is 11.5. The van der Waals surface area contributed by atoms with Gasteiger partial charge in [-0.3, -0.25) is 4.79 Å². The normalized spacial score (nSPS) is 21.4. The lowest BCUT2D eigenvalue weighted by Crippen LogP contribution is -2.25. The summed E-state index contributed by atoms with van der Waals surface area (Å²) in [6.07, 6.45) is 19.4. The third-order valence-corrected chi connectivity index (χ3v) is 6.10. The van der Waals surface area contributed by atoms with Gasteiger partial charge in [-0.2, -0.15) is 0 Å². The van der Waals surface area contributed by atoms with Crippen molar-refractivity contribution in [3.63, 3.8) is 0 Å². The van der Waals surface area contributed by atoms with Gasteiger partial charge in [0.25, 0.3) is 0 Å². The van der Waals surface area contributed by atoms with Crippen LogP contribution < -0.4 is 0 Å². The second-order valence-electron chi connectivity index (χ2n) is 9.58. The third-order valence-electron chi connectivity index (χ3n) is 6.10.